The summed E-state index contributed by atoms with van der Waals surface area (Å²) in [6.45, 7) is 0.389. The minimum absolute atomic E-state index is 0.225. The van der Waals surface area contributed by atoms with E-state index in [0.29, 0.717) is 34.3 Å². The normalized spacial score (nSPS) is 13.2. The molecule has 29 heavy (non-hydrogen) atoms. The number of hydrogen-bond acceptors (Lipinski definition) is 4. The number of hydrogen-bond donors (Lipinski definition) is 0. The van der Waals surface area contributed by atoms with Gasteiger partial charge in [-0.1, -0.05) is 42.5 Å². The summed E-state index contributed by atoms with van der Waals surface area (Å²) < 4.78 is 1.52. The lowest BCUT2D eigenvalue weighted by atomic mass is 10.1. The van der Waals surface area contributed by atoms with Crippen molar-refractivity contribution in [2.75, 3.05) is 4.90 Å². The van der Waals surface area contributed by atoms with Crippen molar-refractivity contribution >= 4 is 28.4 Å². The highest BCUT2D eigenvalue weighted by atomic mass is 16.2. The van der Waals surface area contributed by atoms with E-state index >= 15 is 0 Å². The molecule has 0 atom stereocenters. The molecule has 3 aromatic carbocycles. The molecule has 5 rings (SSSR count). The van der Waals surface area contributed by atoms with Crippen molar-refractivity contribution in [2.24, 2.45) is 0 Å². The van der Waals surface area contributed by atoms with Crippen LogP contribution in [0, 0.1) is 0 Å². The second-order valence-corrected chi connectivity index (χ2v) is 6.86. The first kappa shape index (κ1) is 17.1. The van der Waals surface area contributed by atoms with Gasteiger partial charge >= 0.3 is 0 Å². The molecule has 0 saturated carbocycles. The zero-order valence-corrected chi connectivity index (χ0v) is 15.3. The van der Waals surface area contributed by atoms with Crippen LogP contribution in [-0.2, 0) is 6.54 Å². The third-order valence-electron chi connectivity index (χ3n) is 5.06. The van der Waals surface area contributed by atoms with Crippen molar-refractivity contribution in [3.8, 4) is 0 Å². The summed E-state index contributed by atoms with van der Waals surface area (Å²) in [5, 5.41) is 0.359. The summed E-state index contributed by atoms with van der Waals surface area (Å²) in [5.74, 6) is -0.781. The first-order valence-electron chi connectivity index (χ1n) is 9.14. The minimum atomic E-state index is -0.390. The van der Waals surface area contributed by atoms with Crippen LogP contribution in [0.5, 0.6) is 0 Å². The maximum Gasteiger partial charge on any atom is 0.266 e. The van der Waals surface area contributed by atoms with Crippen molar-refractivity contribution < 1.29 is 9.59 Å². The molecule has 2 heterocycles. The van der Waals surface area contributed by atoms with E-state index in [-0.39, 0.29) is 5.56 Å². The Morgan fingerprint density at radius 1 is 0.759 bits per heavy atom. The molecule has 2 amide bonds. The van der Waals surface area contributed by atoms with Crippen LogP contribution in [0.3, 0.4) is 0 Å². The molecule has 0 saturated heterocycles. The Morgan fingerprint density at radius 2 is 1.41 bits per heavy atom. The molecule has 0 spiro atoms. The summed E-state index contributed by atoms with van der Waals surface area (Å²) in [7, 11) is 0. The van der Waals surface area contributed by atoms with Crippen LogP contribution in [0.4, 0.5) is 5.69 Å². The van der Waals surface area contributed by atoms with Crippen molar-refractivity contribution in [3.05, 3.63) is 106 Å². The van der Waals surface area contributed by atoms with Crippen LogP contribution in [0.15, 0.2) is 83.9 Å². The first-order chi connectivity index (χ1) is 14.1. The average Bonchev–Trinajstić information content (AvgIpc) is 3.01. The predicted molar refractivity (Wildman–Crippen MR) is 109 cm³/mol. The van der Waals surface area contributed by atoms with Crippen LogP contribution in [0.25, 0.3) is 10.9 Å². The summed E-state index contributed by atoms with van der Waals surface area (Å²) in [6.07, 6.45) is 1.51. The molecule has 1 aliphatic rings. The van der Waals surface area contributed by atoms with E-state index in [0.717, 1.165) is 10.5 Å². The number of fused-ring (bicyclic) bond motifs is 2. The topological polar surface area (TPSA) is 72.3 Å². The maximum atomic E-state index is 13.0. The van der Waals surface area contributed by atoms with Gasteiger partial charge in [-0.05, 0) is 35.9 Å². The zero-order chi connectivity index (χ0) is 20.0. The van der Waals surface area contributed by atoms with E-state index < -0.39 is 11.8 Å². The van der Waals surface area contributed by atoms with Gasteiger partial charge in [0.15, 0.2) is 0 Å². The predicted octanol–water partition coefficient (Wildman–Crippen LogP) is 3.25. The lowest BCUT2D eigenvalue weighted by Crippen LogP contribution is -2.29. The van der Waals surface area contributed by atoms with Gasteiger partial charge in [-0.15, -0.1) is 0 Å². The maximum absolute atomic E-state index is 13.0. The van der Waals surface area contributed by atoms with Crippen LogP contribution >= 0.6 is 0 Å². The Bertz CT molecular complexity index is 1310. The van der Waals surface area contributed by atoms with E-state index in [9.17, 15) is 14.4 Å². The van der Waals surface area contributed by atoms with Gasteiger partial charge in [0.25, 0.3) is 17.4 Å². The molecule has 6 heteroatoms. The van der Waals surface area contributed by atoms with Gasteiger partial charge in [-0.3, -0.25) is 19.0 Å². The second kappa shape index (κ2) is 6.53. The number of carbonyl (C=O) groups excluding carboxylic acids is 2. The summed E-state index contributed by atoms with van der Waals surface area (Å²) >= 11 is 0. The van der Waals surface area contributed by atoms with Crippen LogP contribution < -0.4 is 10.5 Å². The Balaban J connectivity index is 1.59. The Hall–Kier alpha value is -4.06. The SMILES string of the molecule is O=C1c2ccccc2C(=O)N1c1ccc2ncn(Cc3ccccc3)c(=O)c2c1. The lowest BCUT2D eigenvalue weighted by Gasteiger charge is -2.15. The number of anilines is 1. The van der Waals surface area contributed by atoms with Crippen LogP contribution in [0.1, 0.15) is 26.3 Å². The van der Waals surface area contributed by atoms with Gasteiger partial charge < -0.3 is 0 Å². The molecule has 4 aromatic rings. The molecular weight excluding hydrogens is 366 g/mol. The second-order valence-electron chi connectivity index (χ2n) is 6.86. The Morgan fingerprint density at radius 3 is 2.10 bits per heavy atom. The third kappa shape index (κ3) is 2.73. The Kier molecular flexibility index (Phi) is 3.84. The number of imide groups is 1. The molecule has 1 aromatic heterocycles. The fourth-order valence-corrected chi connectivity index (χ4v) is 3.60. The molecule has 6 nitrogen and oxygen atoms in total. The summed E-state index contributed by atoms with van der Waals surface area (Å²) in [5.41, 5.74) is 2.36. The zero-order valence-electron chi connectivity index (χ0n) is 15.3. The van der Waals surface area contributed by atoms with E-state index in [1.807, 2.05) is 30.3 Å². The third-order valence-corrected chi connectivity index (χ3v) is 5.06. The number of nitrogens with zero attached hydrogens (tertiary/aromatic N) is 3. The van der Waals surface area contributed by atoms with E-state index in [4.69, 9.17) is 0 Å². The van der Waals surface area contributed by atoms with Crippen molar-refractivity contribution in [1.29, 1.82) is 0 Å². The molecule has 0 aliphatic carbocycles. The highest BCUT2D eigenvalue weighted by Crippen LogP contribution is 2.29. The molecule has 0 fully saturated rings. The minimum Gasteiger partial charge on any atom is -0.294 e. The fourth-order valence-electron chi connectivity index (χ4n) is 3.60. The van der Waals surface area contributed by atoms with Gasteiger partial charge in [-0.2, -0.15) is 0 Å². The molecule has 0 N–H and O–H groups in total. The fraction of sp³-hybridized carbons (Fsp3) is 0.0435. The largest absolute Gasteiger partial charge is 0.294 e. The summed E-state index contributed by atoms with van der Waals surface area (Å²) in [4.78, 5) is 44.0. The van der Waals surface area contributed by atoms with E-state index in [1.54, 1.807) is 42.5 Å². The molecule has 0 radical (unpaired) electrons. The summed E-state index contributed by atoms with van der Waals surface area (Å²) in [6, 6.07) is 21.2. The molecule has 140 valence electrons. The van der Waals surface area contributed by atoms with Crippen molar-refractivity contribution in [2.45, 2.75) is 6.54 Å². The quantitative estimate of drug-likeness (QED) is 0.511. The molecule has 1 aliphatic heterocycles. The van der Waals surface area contributed by atoms with Crippen LogP contribution in [0.2, 0.25) is 0 Å². The van der Waals surface area contributed by atoms with Gasteiger partial charge in [0.05, 0.1) is 40.6 Å². The van der Waals surface area contributed by atoms with E-state index in [2.05, 4.69) is 4.98 Å². The molecular formula is C23H15N3O3. The van der Waals surface area contributed by atoms with Gasteiger partial charge in [0.2, 0.25) is 0 Å². The Labute approximate surface area is 165 Å². The number of aromatic nitrogens is 2. The van der Waals surface area contributed by atoms with Crippen LogP contribution in [-0.4, -0.2) is 21.4 Å². The number of rotatable bonds is 3. The molecule has 0 bridgehead atoms. The number of benzene rings is 3. The first-order valence-corrected chi connectivity index (χ1v) is 9.14. The van der Waals surface area contributed by atoms with E-state index in [1.165, 1.54) is 10.9 Å². The average molecular weight is 381 g/mol. The highest BCUT2D eigenvalue weighted by Gasteiger charge is 2.36. The standard InChI is InChI=1S/C23H15N3O3/c27-21-19-12-16(26-22(28)17-8-4-5-9-18(17)23(26)29)10-11-20(19)24-14-25(21)13-15-6-2-1-3-7-15/h1-12,14H,13H2. The number of carbonyl (C=O) groups is 2. The van der Waals surface area contributed by atoms with Gasteiger partial charge in [0, 0.05) is 0 Å². The smallest absolute Gasteiger partial charge is 0.266 e. The number of amides is 2. The van der Waals surface area contributed by atoms with Gasteiger partial charge in [0.1, 0.15) is 0 Å². The monoisotopic (exact) mass is 381 g/mol. The van der Waals surface area contributed by atoms with Crippen molar-refractivity contribution in [1.82, 2.24) is 9.55 Å². The lowest BCUT2D eigenvalue weighted by molar-refractivity contribution is 0.0926. The molecule has 0 unspecified atom stereocenters. The van der Waals surface area contributed by atoms with Gasteiger partial charge in [-0.25, -0.2) is 9.88 Å². The van der Waals surface area contributed by atoms with Crippen molar-refractivity contribution in [3.63, 3.8) is 0 Å². The highest BCUT2D eigenvalue weighted by molar-refractivity contribution is 6.34.